The van der Waals surface area contributed by atoms with Crippen LogP contribution in [-0.4, -0.2) is 21.8 Å². The minimum Gasteiger partial charge on any atom is -0.294 e. The number of fused-ring (bicyclic) bond motifs is 3. The van der Waals surface area contributed by atoms with Crippen LogP contribution in [0.15, 0.2) is 36.4 Å². The van der Waals surface area contributed by atoms with Gasteiger partial charge < -0.3 is 0 Å². The van der Waals surface area contributed by atoms with Gasteiger partial charge in [0.1, 0.15) is 11.0 Å². The van der Waals surface area contributed by atoms with Gasteiger partial charge in [-0.3, -0.25) is 9.59 Å². The van der Waals surface area contributed by atoms with Crippen molar-refractivity contribution in [2.24, 2.45) is 0 Å². The van der Waals surface area contributed by atoms with Gasteiger partial charge in [0.25, 0.3) is 0 Å². The summed E-state index contributed by atoms with van der Waals surface area (Å²) in [6.45, 7) is 3.01. The second-order valence-electron chi connectivity index (χ2n) is 4.72. The lowest BCUT2D eigenvalue weighted by Gasteiger charge is -2.07. The molecule has 0 spiro atoms. The van der Waals surface area contributed by atoms with E-state index in [1.165, 1.54) is 13.8 Å². The first-order chi connectivity index (χ1) is 9.59. The topological polar surface area (TPSA) is 59.9 Å². The summed E-state index contributed by atoms with van der Waals surface area (Å²) >= 11 is 0. The highest BCUT2D eigenvalue weighted by Crippen LogP contribution is 2.26. The Kier molecular flexibility index (Phi) is 2.79. The number of hydrogen-bond acceptors (Lipinski definition) is 4. The molecule has 0 amide bonds. The van der Waals surface area contributed by atoms with Crippen LogP contribution in [-0.2, 0) is 0 Å². The summed E-state index contributed by atoms with van der Waals surface area (Å²) in [5.74, 6) is -0.0982. The molecular weight excluding hydrogens is 252 g/mol. The molecule has 1 aromatic heterocycles. The Morgan fingerprint density at radius 3 is 1.50 bits per heavy atom. The van der Waals surface area contributed by atoms with Crippen LogP contribution in [0.2, 0.25) is 0 Å². The highest BCUT2D eigenvalue weighted by Gasteiger charge is 2.13. The quantitative estimate of drug-likeness (QED) is 0.527. The molecular formula is C16H12N2O2. The second-order valence-corrected chi connectivity index (χ2v) is 4.72. The molecule has 4 heteroatoms. The maximum absolute atomic E-state index is 11.6. The lowest BCUT2D eigenvalue weighted by molar-refractivity contribution is 0.101. The number of hydrogen-bond donors (Lipinski definition) is 0. The number of carbonyl (C=O) groups is 2. The van der Waals surface area contributed by atoms with Gasteiger partial charge in [-0.15, -0.1) is 10.2 Å². The smallest absolute Gasteiger partial charge is 0.162 e. The molecule has 1 heterocycles. The SMILES string of the molecule is CC(=O)c1cccc2c1nnc1c(C(C)=O)cccc12. The summed E-state index contributed by atoms with van der Waals surface area (Å²) in [7, 11) is 0. The van der Waals surface area contributed by atoms with Crippen LogP contribution in [0.4, 0.5) is 0 Å². The molecule has 0 unspecified atom stereocenters. The molecule has 98 valence electrons. The monoisotopic (exact) mass is 264 g/mol. The fourth-order valence-corrected chi connectivity index (χ4v) is 2.41. The fourth-order valence-electron chi connectivity index (χ4n) is 2.41. The number of carbonyl (C=O) groups excluding carboxylic acids is 2. The molecule has 3 aromatic rings. The Morgan fingerprint density at radius 2 is 1.15 bits per heavy atom. The number of nitrogens with zero attached hydrogens (tertiary/aromatic N) is 2. The van der Waals surface area contributed by atoms with E-state index in [2.05, 4.69) is 10.2 Å². The van der Waals surface area contributed by atoms with Crippen molar-refractivity contribution < 1.29 is 9.59 Å². The minimum absolute atomic E-state index is 0.0491. The van der Waals surface area contributed by atoms with Crippen molar-refractivity contribution in [1.82, 2.24) is 10.2 Å². The standard InChI is InChI=1S/C16H12N2O2/c1-9(19)11-5-3-7-13-14-8-4-6-12(10(2)20)16(14)18-17-15(11)13/h3-8H,1-2H3. The van der Waals surface area contributed by atoms with Crippen LogP contribution in [0.1, 0.15) is 34.6 Å². The minimum atomic E-state index is -0.0491. The molecule has 0 atom stereocenters. The number of rotatable bonds is 2. The lowest BCUT2D eigenvalue weighted by atomic mass is 10.0. The predicted molar refractivity (Wildman–Crippen MR) is 77.1 cm³/mol. The Hall–Kier alpha value is -2.62. The van der Waals surface area contributed by atoms with E-state index in [0.29, 0.717) is 22.2 Å². The zero-order valence-electron chi connectivity index (χ0n) is 11.2. The van der Waals surface area contributed by atoms with Crippen molar-refractivity contribution in [3.05, 3.63) is 47.5 Å². The molecule has 0 aliphatic carbocycles. The summed E-state index contributed by atoms with van der Waals surface area (Å²) < 4.78 is 0. The summed E-state index contributed by atoms with van der Waals surface area (Å²) in [6.07, 6.45) is 0. The predicted octanol–water partition coefficient (Wildman–Crippen LogP) is 3.19. The fraction of sp³-hybridized carbons (Fsp3) is 0.125. The number of aromatic nitrogens is 2. The summed E-state index contributed by atoms with van der Waals surface area (Å²) in [5.41, 5.74) is 2.25. The van der Waals surface area contributed by atoms with Crippen LogP contribution in [0, 0.1) is 0 Å². The van der Waals surface area contributed by atoms with E-state index in [0.717, 1.165) is 10.8 Å². The van der Waals surface area contributed by atoms with Gasteiger partial charge in [-0.25, -0.2) is 0 Å². The molecule has 0 aliphatic rings. The highest BCUT2D eigenvalue weighted by molar-refractivity contribution is 6.15. The van der Waals surface area contributed by atoms with Gasteiger partial charge >= 0.3 is 0 Å². The first kappa shape index (κ1) is 12.4. The van der Waals surface area contributed by atoms with Gasteiger partial charge in [0.15, 0.2) is 11.6 Å². The molecule has 4 nitrogen and oxygen atoms in total. The van der Waals surface area contributed by atoms with E-state index in [4.69, 9.17) is 0 Å². The zero-order valence-corrected chi connectivity index (χ0v) is 11.2. The van der Waals surface area contributed by atoms with Crippen LogP contribution in [0.5, 0.6) is 0 Å². The molecule has 0 radical (unpaired) electrons. The van der Waals surface area contributed by atoms with Crippen LogP contribution in [0.3, 0.4) is 0 Å². The number of ketones is 2. The second kappa shape index (κ2) is 4.49. The van der Waals surface area contributed by atoms with Gasteiger partial charge in [-0.1, -0.05) is 24.3 Å². The van der Waals surface area contributed by atoms with Crippen molar-refractivity contribution >= 4 is 33.4 Å². The van der Waals surface area contributed by atoms with Crippen molar-refractivity contribution in [3.8, 4) is 0 Å². The molecule has 0 saturated heterocycles. The summed E-state index contributed by atoms with van der Waals surface area (Å²) in [6, 6.07) is 10.9. The van der Waals surface area contributed by atoms with Gasteiger partial charge in [-0.05, 0) is 26.0 Å². The Bertz CT molecular complexity index is 796. The average molecular weight is 264 g/mol. The van der Waals surface area contributed by atoms with Crippen molar-refractivity contribution in [2.75, 3.05) is 0 Å². The van der Waals surface area contributed by atoms with E-state index in [1.807, 2.05) is 24.3 Å². The first-order valence-corrected chi connectivity index (χ1v) is 6.29. The van der Waals surface area contributed by atoms with Crippen LogP contribution >= 0.6 is 0 Å². The maximum atomic E-state index is 11.6. The average Bonchev–Trinajstić information content (AvgIpc) is 2.45. The third-order valence-corrected chi connectivity index (χ3v) is 3.37. The van der Waals surface area contributed by atoms with E-state index in [9.17, 15) is 9.59 Å². The summed E-state index contributed by atoms with van der Waals surface area (Å²) in [5, 5.41) is 9.98. The van der Waals surface area contributed by atoms with Crippen molar-refractivity contribution in [2.45, 2.75) is 13.8 Å². The molecule has 0 N–H and O–H groups in total. The van der Waals surface area contributed by atoms with Crippen molar-refractivity contribution in [1.29, 1.82) is 0 Å². The highest BCUT2D eigenvalue weighted by atomic mass is 16.1. The van der Waals surface area contributed by atoms with E-state index < -0.39 is 0 Å². The van der Waals surface area contributed by atoms with Crippen LogP contribution < -0.4 is 0 Å². The van der Waals surface area contributed by atoms with E-state index >= 15 is 0 Å². The number of benzene rings is 2. The van der Waals surface area contributed by atoms with Crippen molar-refractivity contribution in [3.63, 3.8) is 0 Å². The Morgan fingerprint density at radius 1 is 0.750 bits per heavy atom. The molecule has 0 aliphatic heterocycles. The first-order valence-electron chi connectivity index (χ1n) is 6.29. The molecule has 3 rings (SSSR count). The molecule has 20 heavy (non-hydrogen) atoms. The Labute approximate surface area is 115 Å². The third-order valence-electron chi connectivity index (χ3n) is 3.37. The van der Waals surface area contributed by atoms with Gasteiger partial charge in [0.05, 0.1) is 0 Å². The van der Waals surface area contributed by atoms with Gasteiger partial charge in [0, 0.05) is 21.9 Å². The van der Waals surface area contributed by atoms with Gasteiger partial charge in [-0.2, -0.15) is 0 Å². The molecule has 0 saturated carbocycles. The number of Topliss-reactive ketones (excluding diaryl/α,β-unsaturated/α-hetero) is 2. The molecule has 0 bridgehead atoms. The normalized spacial score (nSPS) is 10.9. The lowest BCUT2D eigenvalue weighted by Crippen LogP contribution is -2.00. The zero-order chi connectivity index (χ0) is 14.3. The van der Waals surface area contributed by atoms with E-state index in [-0.39, 0.29) is 11.6 Å². The molecule has 2 aromatic carbocycles. The third kappa shape index (κ3) is 1.77. The largest absolute Gasteiger partial charge is 0.294 e. The van der Waals surface area contributed by atoms with Gasteiger partial charge in [0.2, 0.25) is 0 Å². The molecule has 0 fully saturated rings. The van der Waals surface area contributed by atoms with E-state index in [1.54, 1.807) is 12.1 Å². The summed E-state index contributed by atoms with van der Waals surface area (Å²) in [4.78, 5) is 23.3. The maximum Gasteiger partial charge on any atom is 0.162 e. The Balaban J connectivity index is 2.49. The van der Waals surface area contributed by atoms with Crippen LogP contribution in [0.25, 0.3) is 21.8 Å².